The molecule has 3 nitrogen and oxygen atoms in total. The molecule has 1 atom stereocenters. The van der Waals surface area contributed by atoms with Crippen molar-refractivity contribution in [2.24, 2.45) is 0 Å². The molecular formula is C14H16O3. The molecule has 2 aromatic rings. The number of carboxylic acid groups (broad SMARTS) is 1. The van der Waals surface area contributed by atoms with Crippen LogP contribution in [0.5, 0.6) is 0 Å². The van der Waals surface area contributed by atoms with Gasteiger partial charge in [0.25, 0.3) is 0 Å². The molecule has 0 aliphatic rings. The summed E-state index contributed by atoms with van der Waals surface area (Å²) in [7, 11) is 0. The molecular weight excluding hydrogens is 216 g/mol. The summed E-state index contributed by atoms with van der Waals surface area (Å²) in [6, 6.07) is 5.93. The van der Waals surface area contributed by atoms with E-state index in [1.54, 1.807) is 6.26 Å². The van der Waals surface area contributed by atoms with E-state index in [1.807, 2.05) is 18.2 Å². The number of hydrogen-bond acceptors (Lipinski definition) is 2. The van der Waals surface area contributed by atoms with Crippen molar-refractivity contribution in [3.63, 3.8) is 0 Å². The molecule has 0 bridgehead atoms. The van der Waals surface area contributed by atoms with Crippen LogP contribution in [0, 0.1) is 0 Å². The van der Waals surface area contributed by atoms with Crippen LogP contribution in [-0.2, 0) is 11.2 Å². The minimum atomic E-state index is -0.832. The summed E-state index contributed by atoms with van der Waals surface area (Å²) in [5.74, 6) is -0.413. The highest BCUT2D eigenvalue weighted by Crippen LogP contribution is 2.30. The second kappa shape index (κ2) is 4.62. The van der Waals surface area contributed by atoms with Crippen molar-refractivity contribution >= 4 is 16.9 Å². The van der Waals surface area contributed by atoms with E-state index in [1.165, 1.54) is 0 Å². The first-order valence-electron chi connectivity index (χ1n) is 5.84. The molecule has 0 fully saturated rings. The molecule has 3 heteroatoms. The van der Waals surface area contributed by atoms with Gasteiger partial charge < -0.3 is 9.52 Å². The third-order valence-corrected chi connectivity index (χ3v) is 3.20. The van der Waals surface area contributed by atoms with E-state index in [9.17, 15) is 4.79 Å². The van der Waals surface area contributed by atoms with E-state index < -0.39 is 5.97 Å². The smallest absolute Gasteiger partial charge is 0.307 e. The fourth-order valence-electron chi connectivity index (χ4n) is 2.04. The van der Waals surface area contributed by atoms with Gasteiger partial charge in [0.15, 0.2) is 0 Å². The minimum Gasteiger partial charge on any atom is -0.481 e. The number of furan rings is 1. The average molecular weight is 232 g/mol. The van der Waals surface area contributed by atoms with Gasteiger partial charge >= 0.3 is 5.97 Å². The molecule has 1 N–H and O–H groups in total. The molecule has 1 aromatic carbocycles. The van der Waals surface area contributed by atoms with Gasteiger partial charge in [-0.15, -0.1) is 0 Å². The zero-order valence-electron chi connectivity index (χ0n) is 10.1. The lowest BCUT2D eigenvalue weighted by Gasteiger charge is -2.08. The van der Waals surface area contributed by atoms with E-state index in [4.69, 9.17) is 9.52 Å². The molecule has 2 rings (SSSR count). The number of benzene rings is 1. The largest absolute Gasteiger partial charge is 0.481 e. The van der Waals surface area contributed by atoms with Gasteiger partial charge in [-0.25, -0.2) is 0 Å². The van der Waals surface area contributed by atoms with Gasteiger partial charge in [0, 0.05) is 10.9 Å². The third kappa shape index (κ3) is 2.18. The summed E-state index contributed by atoms with van der Waals surface area (Å²) in [6.45, 7) is 4.28. The molecule has 1 unspecified atom stereocenters. The predicted molar refractivity (Wildman–Crippen MR) is 66.3 cm³/mol. The van der Waals surface area contributed by atoms with Crippen molar-refractivity contribution in [1.29, 1.82) is 0 Å². The predicted octanol–water partition coefficient (Wildman–Crippen LogP) is 3.57. The van der Waals surface area contributed by atoms with E-state index >= 15 is 0 Å². The maximum absolute atomic E-state index is 10.7. The highest BCUT2D eigenvalue weighted by molar-refractivity contribution is 5.87. The Morgan fingerprint density at radius 1 is 1.47 bits per heavy atom. The lowest BCUT2D eigenvalue weighted by Crippen LogP contribution is -1.99. The molecule has 0 spiro atoms. The topological polar surface area (TPSA) is 50.4 Å². The first-order valence-corrected chi connectivity index (χ1v) is 5.84. The van der Waals surface area contributed by atoms with Crippen LogP contribution in [-0.4, -0.2) is 11.1 Å². The van der Waals surface area contributed by atoms with Crippen molar-refractivity contribution in [3.8, 4) is 0 Å². The molecule has 1 heterocycles. The number of rotatable bonds is 4. The van der Waals surface area contributed by atoms with Crippen LogP contribution >= 0.6 is 0 Å². The molecule has 0 radical (unpaired) electrons. The van der Waals surface area contributed by atoms with Crippen molar-refractivity contribution in [3.05, 3.63) is 35.6 Å². The van der Waals surface area contributed by atoms with Crippen molar-refractivity contribution in [2.75, 3.05) is 0 Å². The summed E-state index contributed by atoms with van der Waals surface area (Å²) < 4.78 is 5.54. The second-order valence-electron chi connectivity index (χ2n) is 4.36. The van der Waals surface area contributed by atoms with Gasteiger partial charge in [0.05, 0.1) is 12.7 Å². The van der Waals surface area contributed by atoms with E-state index in [-0.39, 0.29) is 6.42 Å². The standard InChI is InChI=1S/C14H16O3/c1-3-9(2)11-5-4-6-12-10(7-13(15)16)8-17-14(11)12/h4-6,8-9H,3,7H2,1-2H3,(H,15,16). The Labute approximate surface area is 100 Å². The van der Waals surface area contributed by atoms with E-state index in [0.717, 1.165) is 28.5 Å². The average Bonchev–Trinajstić information content (AvgIpc) is 2.71. The van der Waals surface area contributed by atoms with Gasteiger partial charge in [-0.1, -0.05) is 32.0 Å². The quantitative estimate of drug-likeness (QED) is 0.876. The van der Waals surface area contributed by atoms with E-state index in [0.29, 0.717) is 5.92 Å². The fraction of sp³-hybridized carbons (Fsp3) is 0.357. The van der Waals surface area contributed by atoms with Crippen molar-refractivity contribution in [1.82, 2.24) is 0 Å². The molecule has 0 amide bonds. The Morgan fingerprint density at radius 3 is 2.88 bits per heavy atom. The molecule has 0 saturated heterocycles. The van der Waals surface area contributed by atoms with Crippen LogP contribution in [0.25, 0.3) is 11.0 Å². The number of hydrogen-bond donors (Lipinski definition) is 1. The molecule has 90 valence electrons. The maximum Gasteiger partial charge on any atom is 0.307 e. The van der Waals surface area contributed by atoms with Crippen LogP contribution in [0.4, 0.5) is 0 Å². The van der Waals surface area contributed by atoms with Gasteiger partial charge in [0.2, 0.25) is 0 Å². The Hall–Kier alpha value is -1.77. The first-order chi connectivity index (χ1) is 8.13. The van der Waals surface area contributed by atoms with Gasteiger partial charge in [-0.3, -0.25) is 4.79 Å². The minimum absolute atomic E-state index is 0.0109. The lowest BCUT2D eigenvalue weighted by molar-refractivity contribution is -0.136. The molecule has 17 heavy (non-hydrogen) atoms. The summed E-state index contributed by atoms with van der Waals surface area (Å²) in [4.78, 5) is 10.7. The van der Waals surface area contributed by atoms with Crippen LogP contribution in [0.2, 0.25) is 0 Å². The number of fused-ring (bicyclic) bond motifs is 1. The summed E-state index contributed by atoms with van der Waals surface area (Å²) >= 11 is 0. The van der Waals surface area contributed by atoms with Crippen LogP contribution in [0.1, 0.15) is 37.3 Å². The van der Waals surface area contributed by atoms with Crippen LogP contribution < -0.4 is 0 Å². The Bertz CT molecular complexity index is 539. The Kier molecular flexibility index (Phi) is 3.18. The second-order valence-corrected chi connectivity index (χ2v) is 4.36. The Morgan fingerprint density at radius 2 is 2.24 bits per heavy atom. The maximum atomic E-state index is 10.7. The summed E-state index contributed by atoms with van der Waals surface area (Å²) in [5, 5.41) is 9.75. The molecule has 0 aliphatic carbocycles. The normalized spacial score (nSPS) is 12.8. The van der Waals surface area contributed by atoms with Gasteiger partial charge in [-0.2, -0.15) is 0 Å². The molecule has 0 saturated carbocycles. The Balaban J connectivity index is 2.52. The first kappa shape index (κ1) is 11.7. The van der Waals surface area contributed by atoms with Gasteiger partial charge in [-0.05, 0) is 17.9 Å². The zero-order chi connectivity index (χ0) is 12.4. The zero-order valence-corrected chi connectivity index (χ0v) is 10.1. The van der Waals surface area contributed by atoms with Crippen LogP contribution in [0.3, 0.4) is 0 Å². The van der Waals surface area contributed by atoms with Gasteiger partial charge in [0.1, 0.15) is 5.58 Å². The lowest BCUT2D eigenvalue weighted by atomic mass is 9.96. The highest BCUT2D eigenvalue weighted by atomic mass is 16.4. The third-order valence-electron chi connectivity index (χ3n) is 3.20. The fourth-order valence-corrected chi connectivity index (χ4v) is 2.04. The van der Waals surface area contributed by atoms with Crippen LogP contribution in [0.15, 0.2) is 28.9 Å². The monoisotopic (exact) mass is 232 g/mol. The SMILES string of the molecule is CCC(C)c1cccc2c(CC(=O)O)coc12. The number of para-hydroxylation sites is 1. The number of carboxylic acids is 1. The van der Waals surface area contributed by atoms with Crippen molar-refractivity contribution in [2.45, 2.75) is 32.6 Å². The summed E-state index contributed by atoms with van der Waals surface area (Å²) in [6.07, 6.45) is 2.61. The van der Waals surface area contributed by atoms with Crippen molar-refractivity contribution < 1.29 is 14.3 Å². The van der Waals surface area contributed by atoms with E-state index in [2.05, 4.69) is 13.8 Å². The number of aliphatic carboxylic acids is 1. The number of carbonyl (C=O) groups is 1. The molecule has 1 aromatic heterocycles. The summed E-state index contributed by atoms with van der Waals surface area (Å²) in [5.41, 5.74) is 2.73. The molecule has 0 aliphatic heterocycles. The highest BCUT2D eigenvalue weighted by Gasteiger charge is 2.14.